The fourth-order valence-corrected chi connectivity index (χ4v) is 2.00. The number of rotatable bonds is 3. The van der Waals surface area contributed by atoms with Crippen LogP contribution in [0.5, 0.6) is 0 Å². The van der Waals surface area contributed by atoms with Crippen molar-refractivity contribution in [2.24, 2.45) is 0 Å². The Labute approximate surface area is 93.2 Å². The Kier molecular flexibility index (Phi) is 2.97. The van der Waals surface area contributed by atoms with Crippen LogP contribution in [0.4, 0.5) is 5.82 Å². The number of nitrogens with zero attached hydrogens (tertiary/aromatic N) is 2. The van der Waals surface area contributed by atoms with E-state index >= 15 is 0 Å². The van der Waals surface area contributed by atoms with E-state index in [9.17, 15) is 0 Å². The highest BCUT2D eigenvalue weighted by molar-refractivity contribution is 7.07. The molecule has 2 aromatic rings. The Hall–Kier alpha value is -1.42. The van der Waals surface area contributed by atoms with Crippen LogP contribution in [0.2, 0.25) is 0 Å². The summed E-state index contributed by atoms with van der Waals surface area (Å²) in [7, 11) is 0. The van der Waals surface area contributed by atoms with E-state index < -0.39 is 0 Å². The SMILES string of the molecule is Cc1cccc(NC(C)c2cscn2)n1. The summed E-state index contributed by atoms with van der Waals surface area (Å²) in [5, 5.41) is 5.37. The predicted molar refractivity (Wildman–Crippen MR) is 63.1 cm³/mol. The highest BCUT2D eigenvalue weighted by Crippen LogP contribution is 2.17. The molecule has 0 saturated heterocycles. The van der Waals surface area contributed by atoms with Gasteiger partial charge in [0.2, 0.25) is 0 Å². The lowest BCUT2D eigenvalue weighted by molar-refractivity contribution is 0.840. The second-order valence-electron chi connectivity index (χ2n) is 3.44. The molecule has 0 aromatic carbocycles. The minimum atomic E-state index is 0.200. The van der Waals surface area contributed by atoms with Crippen LogP contribution < -0.4 is 5.32 Å². The van der Waals surface area contributed by atoms with Gasteiger partial charge >= 0.3 is 0 Å². The Morgan fingerprint density at radius 2 is 2.27 bits per heavy atom. The van der Waals surface area contributed by atoms with Crippen LogP contribution in [0.1, 0.15) is 24.4 Å². The molecule has 0 radical (unpaired) electrons. The minimum Gasteiger partial charge on any atom is -0.362 e. The average Bonchev–Trinajstić information content (AvgIpc) is 2.70. The fourth-order valence-electron chi connectivity index (χ4n) is 1.35. The van der Waals surface area contributed by atoms with E-state index in [1.807, 2.05) is 36.0 Å². The van der Waals surface area contributed by atoms with E-state index in [2.05, 4.69) is 22.2 Å². The molecule has 1 atom stereocenters. The maximum Gasteiger partial charge on any atom is 0.126 e. The second kappa shape index (κ2) is 4.40. The zero-order chi connectivity index (χ0) is 10.7. The van der Waals surface area contributed by atoms with Gasteiger partial charge in [0, 0.05) is 11.1 Å². The van der Waals surface area contributed by atoms with Crippen molar-refractivity contribution in [1.29, 1.82) is 0 Å². The minimum absolute atomic E-state index is 0.200. The maximum atomic E-state index is 4.39. The molecule has 1 unspecified atom stereocenters. The molecular formula is C11H13N3S. The smallest absolute Gasteiger partial charge is 0.126 e. The zero-order valence-electron chi connectivity index (χ0n) is 8.77. The van der Waals surface area contributed by atoms with Crippen LogP contribution >= 0.6 is 11.3 Å². The van der Waals surface area contributed by atoms with Crippen molar-refractivity contribution in [2.75, 3.05) is 5.32 Å². The molecule has 0 aliphatic heterocycles. The van der Waals surface area contributed by atoms with Gasteiger partial charge in [-0.25, -0.2) is 9.97 Å². The Bertz CT molecular complexity index is 425. The molecule has 15 heavy (non-hydrogen) atoms. The molecule has 0 aliphatic carbocycles. The quantitative estimate of drug-likeness (QED) is 0.862. The van der Waals surface area contributed by atoms with E-state index in [4.69, 9.17) is 0 Å². The largest absolute Gasteiger partial charge is 0.362 e. The predicted octanol–water partition coefficient (Wildman–Crippen LogP) is 3.02. The normalized spacial score (nSPS) is 12.4. The molecule has 2 aromatic heterocycles. The van der Waals surface area contributed by atoms with Gasteiger partial charge in [-0.05, 0) is 26.0 Å². The van der Waals surface area contributed by atoms with Crippen molar-refractivity contribution >= 4 is 17.2 Å². The lowest BCUT2D eigenvalue weighted by atomic mass is 10.2. The number of aryl methyl sites for hydroxylation is 1. The maximum absolute atomic E-state index is 4.39. The van der Waals surface area contributed by atoms with Crippen molar-refractivity contribution < 1.29 is 0 Å². The van der Waals surface area contributed by atoms with Crippen LogP contribution in [-0.4, -0.2) is 9.97 Å². The number of hydrogen-bond donors (Lipinski definition) is 1. The first-order chi connectivity index (χ1) is 7.25. The van der Waals surface area contributed by atoms with E-state index in [0.717, 1.165) is 17.2 Å². The van der Waals surface area contributed by atoms with Gasteiger partial charge in [-0.15, -0.1) is 11.3 Å². The van der Waals surface area contributed by atoms with E-state index in [1.165, 1.54) is 0 Å². The highest BCUT2D eigenvalue weighted by atomic mass is 32.1. The Morgan fingerprint density at radius 1 is 1.40 bits per heavy atom. The summed E-state index contributed by atoms with van der Waals surface area (Å²) >= 11 is 1.61. The van der Waals surface area contributed by atoms with Crippen LogP contribution in [0, 0.1) is 6.92 Å². The van der Waals surface area contributed by atoms with Gasteiger partial charge in [-0.1, -0.05) is 6.07 Å². The van der Waals surface area contributed by atoms with Crippen molar-refractivity contribution in [3.8, 4) is 0 Å². The first-order valence-electron chi connectivity index (χ1n) is 4.84. The summed E-state index contributed by atoms with van der Waals surface area (Å²) in [5.74, 6) is 0.899. The first-order valence-corrected chi connectivity index (χ1v) is 5.78. The summed E-state index contributed by atoms with van der Waals surface area (Å²) in [4.78, 5) is 8.65. The van der Waals surface area contributed by atoms with Crippen LogP contribution in [0.25, 0.3) is 0 Å². The summed E-state index contributed by atoms with van der Waals surface area (Å²) in [5.41, 5.74) is 3.92. The van der Waals surface area contributed by atoms with Crippen LogP contribution in [0.15, 0.2) is 29.1 Å². The molecular weight excluding hydrogens is 206 g/mol. The van der Waals surface area contributed by atoms with Gasteiger partial charge in [-0.3, -0.25) is 0 Å². The second-order valence-corrected chi connectivity index (χ2v) is 4.16. The third-order valence-corrected chi connectivity index (χ3v) is 2.75. The van der Waals surface area contributed by atoms with Crippen molar-refractivity contribution in [1.82, 2.24) is 9.97 Å². The number of anilines is 1. The average molecular weight is 219 g/mol. The Balaban J connectivity index is 2.09. The fraction of sp³-hybridized carbons (Fsp3) is 0.273. The molecule has 0 fully saturated rings. The molecule has 0 amide bonds. The molecule has 4 heteroatoms. The standard InChI is InChI=1S/C11H13N3S/c1-8-4-3-5-11(13-8)14-9(2)10-6-15-7-12-10/h3-7,9H,1-2H3,(H,13,14). The molecule has 3 nitrogen and oxygen atoms in total. The molecule has 78 valence electrons. The first kappa shape index (κ1) is 10.1. The van der Waals surface area contributed by atoms with Gasteiger partial charge in [0.05, 0.1) is 17.2 Å². The molecule has 1 N–H and O–H groups in total. The Morgan fingerprint density at radius 3 is 2.93 bits per heavy atom. The van der Waals surface area contributed by atoms with Gasteiger partial charge in [0.15, 0.2) is 0 Å². The number of thiazole rings is 1. The van der Waals surface area contributed by atoms with Crippen molar-refractivity contribution in [3.05, 3.63) is 40.5 Å². The molecule has 2 heterocycles. The molecule has 0 aliphatic rings. The molecule has 2 rings (SSSR count). The summed E-state index contributed by atoms with van der Waals surface area (Å²) in [6.07, 6.45) is 0. The molecule has 0 saturated carbocycles. The third kappa shape index (κ3) is 2.53. The van der Waals surface area contributed by atoms with E-state index in [1.54, 1.807) is 11.3 Å². The summed E-state index contributed by atoms with van der Waals surface area (Å²) < 4.78 is 0. The van der Waals surface area contributed by atoms with Gasteiger partial charge < -0.3 is 5.32 Å². The molecule has 0 bridgehead atoms. The zero-order valence-corrected chi connectivity index (χ0v) is 9.58. The van der Waals surface area contributed by atoms with Crippen LogP contribution in [-0.2, 0) is 0 Å². The number of pyridine rings is 1. The summed E-state index contributed by atoms with van der Waals surface area (Å²) in [6.45, 7) is 4.07. The van der Waals surface area contributed by atoms with E-state index in [-0.39, 0.29) is 6.04 Å². The topological polar surface area (TPSA) is 37.8 Å². The summed E-state index contributed by atoms with van der Waals surface area (Å²) in [6, 6.07) is 6.15. The highest BCUT2D eigenvalue weighted by Gasteiger charge is 2.07. The third-order valence-electron chi connectivity index (χ3n) is 2.15. The number of nitrogens with one attached hydrogen (secondary N) is 1. The van der Waals surface area contributed by atoms with Crippen LogP contribution in [0.3, 0.4) is 0 Å². The van der Waals surface area contributed by atoms with Gasteiger partial charge in [0.1, 0.15) is 5.82 Å². The van der Waals surface area contributed by atoms with Crippen molar-refractivity contribution in [2.45, 2.75) is 19.9 Å². The monoisotopic (exact) mass is 219 g/mol. The number of aromatic nitrogens is 2. The van der Waals surface area contributed by atoms with Gasteiger partial charge in [-0.2, -0.15) is 0 Å². The van der Waals surface area contributed by atoms with E-state index in [0.29, 0.717) is 0 Å². The number of hydrogen-bond acceptors (Lipinski definition) is 4. The van der Waals surface area contributed by atoms with Gasteiger partial charge in [0.25, 0.3) is 0 Å². The molecule has 0 spiro atoms. The lowest BCUT2D eigenvalue weighted by Gasteiger charge is -2.12. The van der Waals surface area contributed by atoms with Crippen molar-refractivity contribution in [3.63, 3.8) is 0 Å². The lowest BCUT2D eigenvalue weighted by Crippen LogP contribution is -2.08.